The van der Waals surface area contributed by atoms with Crippen molar-refractivity contribution in [2.45, 2.75) is 58.0 Å². The Morgan fingerprint density at radius 2 is 2.00 bits per heavy atom. The molecule has 106 valence electrons. The third-order valence-corrected chi connectivity index (χ3v) is 4.28. The van der Waals surface area contributed by atoms with Gasteiger partial charge in [-0.3, -0.25) is 4.79 Å². The second kappa shape index (κ2) is 6.53. The van der Waals surface area contributed by atoms with Crippen molar-refractivity contribution in [1.82, 2.24) is 4.90 Å². The highest BCUT2D eigenvalue weighted by Crippen LogP contribution is 2.36. The van der Waals surface area contributed by atoms with E-state index in [1.165, 1.54) is 12.8 Å². The van der Waals surface area contributed by atoms with Gasteiger partial charge in [0.15, 0.2) is 0 Å². The molecule has 1 unspecified atom stereocenters. The van der Waals surface area contributed by atoms with Gasteiger partial charge in [-0.15, -0.1) is 0 Å². The molecule has 1 atom stereocenters. The number of nitrogens with two attached hydrogens (primary N) is 1. The zero-order valence-electron chi connectivity index (χ0n) is 12.2. The Kier molecular flexibility index (Phi) is 5.60. The highest BCUT2D eigenvalue weighted by Gasteiger charge is 2.40. The largest absolute Gasteiger partial charge is 0.383 e. The summed E-state index contributed by atoms with van der Waals surface area (Å²) in [6, 6.07) is 0.286. The van der Waals surface area contributed by atoms with Crippen molar-refractivity contribution in [3.05, 3.63) is 0 Å². The molecule has 1 aliphatic carbocycles. The van der Waals surface area contributed by atoms with Gasteiger partial charge < -0.3 is 15.4 Å². The SMILES string of the molecule is CCC(N)(CC)C(=O)N(CCOC)C(C)C1CC1. The van der Waals surface area contributed by atoms with E-state index in [1.54, 1.807) is 7.11 Å². The maximum atomic E-state index is 12.7. The first-order chi connectivity index (χ1) is 8.50. The van der Waals surface area contributed by atoms with E-state index < -0.39 is 5.54 Å². The van der Waals surface area contributed by atoms with Gasteiger partial charge in [-0.1, -0.05) is 13.8 Å². The molecule has 0 bridgehead atoms. The van der Waals surface area contributed by atoms with Crippen molar-refractivity contribution in [1.29, 1.82) is 0 Å². The van der Waals surface area contributed by atoms with Gasteiger partial charge in [0.05, 0.1) is 12.1 Å². The summed E-state index contributed by atoms with van der Waals surface area (Å²) in [7, 11) is 1.67. The molecule has 2 N–H and O–H groups in total. The molecule has 4 nitrogen and oxygen atoms in total. The minimum atomic E-state index is -0.711. The van der Waals surface area contributed by atoms with E-state index in [1.807, 2.05) is 18.7 Å². The van der Waals surface area contributed by atoms with Crippen molar-refractivity contribution in [2.24, 2.45) is 11.7 Å². The van der Waals surface area contributed by atoms with Gasteiger partial charge in [0.1, 0.15) is 0 Å². The first-order valence-electron chi connectivity index (χ1n) is 7.09. The molecule has 0 aromatic rings. The predicted octanol–water partition coefficient (Wildman–Crippen LogP) is 1.78. The van der Waals surface area contributed by atoms with Crippen molar-refractivity contribution < 1.29 is 9.53 Å². The molecule has 1 rings (SSSR count). The van der Waals surface area contributed by atoms with Crippen LogP contribution in [0.5, 0.6) is 0 Å². The summed E-state index contributed by atoms with van der Waals surface area (Å²) in [6.07, 6.45) is 3.83. The van der Waals surface area contributed by atoms with Crippen LogP contribution in [0.15, 0.2) is 0 Å². The summed E-state index contributed by atoms with van der Waals surface area (Å²) in [6.45, 7) is 7.32. The maximum absolute atomic E-state index is 12.7. The van der Waals surface area contributed by atoms with Crippen molar-refractivity contribution in [3.8, 4) is 0 Å². The Labute approximate surface area is 111 Å². The number of hydrogen-bond acceptors (Lipinski definition) is 3. The van der Waals surface area contributed by atoms with Gasteiger partial charge >= 0.3 is 0 Å². The Morgan fingerprint density at radius 3 is 2.39 bits per heavy atom. The summed E-state index contributed by atoms with van der Waals surface area (Å²) in [5.41, 5.74) is 5.53. The third-order valence-electron chi connectivity index (χ3n) is 4.28. The van der Waals surface area contributed by atoms with Gasteiger partial charge in [0.2, 0.25) is 5.91 Å². The number of carbonyl (C=O) groups is 1. The van der Waals surface area contributed by atoms with Crippen LogP contribution in [0.25, 0.3) is 0 Å². The van der Waals surface area contributed by atoms with Crippen LogP contribution in [0, 0.1) is 5.92 Å². The summed E-state index contributed by atoms with van der Waals surface area (Å²) < 4.78 is 5.12. The maximum Gasteiger partial charge on any atom is 0.242 e. The number of amides is 1. The topological polar surface area (TPSA) is 55.6 Å². The van der Waals surface area contributed by atoms with E-state index in [-0.39, 0.29) is 11.9 Å². The van der Waals surface area contributed by atoms with E-state index in [2.05, 4.69) is 6.92 Å². The average Bonchev–Trinajstić information content (AvgIpc) is 3.21. The molecule has 1 saturated carbocycles. The molecule has 0 saturated heterocycles. The molecular formula is C14H28N2O2. The van der Waals surface area contributed by atoms with Gasteiger partial charge in [-0.05, 0) is 38.5 Å². The molecule has 0 heterocycles. The predicted molar refractivity (Wildman–Crippen MR) is 73.3 cm³/mol. The lowest BCUT2D eigenvalue weighted by molar-refractivity contribution is -0.140. The van der Waals surface area contributed by atoms with Crippen molar-refractivity contribution >= 4 is 5.91 Å². The van der Waals surface area contributed by atoms with Crippen LogP contribution in [0.4, 0.5) is 0 Å². The number of carbonyl (C=O) groups excluding carboxylic acids is 1. The van der Waals surface area contributed by atoms with E-state index >= 15 is 0 Å². The first-order valence-corrected chi connectivity index (χ1v) is 7.09. The summed E-state index contributed by atoms with van der Waals surface area (Å²) in [5, 5.41) is 0. The molecule has 0 aromatic heterocycles. The van der Waals surface area contributed by atoms with E-state index in [9.17, 15) is 4.79 Å². The summed E-state index contributed by atoms with van der Waals surface area (Å²) in [5.74, 6) is 0.743. The highest BCUT2D eigenvalue weighted by atomic mass is 16.5. The van der Waals surface area contributed by atoms with Crippen molar-refractivity contribution in [3.63, 3.8) is 0 Å². The zero-order chi connectivity index (χ0) is 13.8. The fraction of sp³-hybridized carbons (Fsp3) is 0.929. The Bertz CT molecular complexity index is 273. The second-order valence-electron chi connectivity index (χ2n) is 5.43. The second-order valence-corrected chi connectivity index (χ2v) is 5.43. The molecule has 1 fully saturated rings. The smallest absolute Gasteiger partial charge is 0.242 e. The third kappa shape index (κ3) is 3.45. The van der Waals surface area contributed by atoms with Crippen LogP contribution in [0.2, 0.25) is 0 Å². The Balaban J connectivity index is 2.76. The number of nitrogens with zero attached hydrogens (tertiary/aromatic N) is 1. The monoisotopic (exact) mass is 256 g/mol. The van der Waals surface area contributed by atoms with E-state index in [4.69, 9.17) is 10.5 Å². The lowest BCUT2D eigenvalue weighted by atomic mass is 9.91. The molecule has 0 aliphatic heterocycles. The van der Waals surface area contributed by atoms with Crippen LogP contribution in [-0.2, 0) is 9.53 Å². The van der Waals surface area contributed by atoms with Crippen LogP contribution in [-0.4, -0.2) is 42.6 Å². The summed E-state index contributed by atoms with van der Waals surface area (Å²) >= 11 is 0. The Morgan fingerprint density at radius 1 is 1.44 bits per heavy atom. The highest BCUT2D eigenvalue weighted by molar-refractivity contribution is 5.86. The normalized spacial score (nSPS) is 17.6. The van der Waals surface area contributed by atoms with Gasteiger partial charge in [0, 0.05) is 19.7 Å². The van der Waals surface area contributed by atoms with Crippen LogP contribution >= 0.6 is 0 Å². The number of hydrogen-bond donors (Lipinski definition) is 1. The molecule has 1 amide bonds. The van der Waals surface area contributed by atoms with Gasteiger partial charge in [-0.2, -0.15) is 0 Å². The van der Waals surface area contributed by atoms with Crippen molar-refractivity contribution in [2.75, 3.05) is 20.3 Å². The fourth-order valence-electron chi connectivity index (χ4n) is 2.35. The van der Waals surface area contributed by atoms with E-state index in [0.717, 1.165) is 0 Å². The zero-order valence-corrected chi connectivity index (χ0v) is 12.2. The van der Waals surface area contributed by atoms with Crippen LogP contribution in [0.3, 0.4) is 0 Å². The van der Waals surface area contributed by atoms with Gasteiger partial charge in [-0.25, -0.2) is 0 Å². The molecular weight excluding hydrogens is 228 g/mol. The number of rotatable bonds is 8. The molecule has 4 heteroatoms. The van der Waals surface area contributed by atoms with Crippen LogP contribution < -0.4 is 5.73 Å². The molecule has 1 aliphatic rings. The lowest BCUT2D eigenvalue weighted by Gasteiger charge is -2.37. The lowest BCUT2D eigenvalue weighted by Crippen LogP contribution is -2.57. The van der Waals surface area contributed by atoms with E-state index in [0.29, 0.717) is 31.9 Å². The first kappa shape index (κ1) is 15.4. The quantitative estimate of drug-likeness (QED) is 0.720. The molecule has 18 heavy (non-hydrogen) atoms. The minimum absolute atomic E-state index is 0.0870. The number of methoxy groups -OCH3 is 1. The molecule has 0 aromatic carbocycles. The molecule has 0 radical (unpaired) electrons. The standard InChI is InChI=1S/C14H28N2O2/c1-5-14(15,6-2)13(17)16(9-10-18-4)11(3)12-7-8-12/h11-12H,5-10,15H2,1-4H3. The summed E-state index contributed by atoms with van der Waals surface area (Å²) in [4.78, 5) is 14.6. The number of ether oxygens (including phenoxy) is 1. The van der Waals surface area contributed by atoms with Crippen LogP contribution in [0.1, 0.15) is 46.5 Å². The minimum Gasteiger partial charge on any atom is -0.383 e. The van der Waals surface area contributed by atoms with Gasteiger partial charge in [0.25, 0.3) is 0 Å². The fourth-order valence-corrected chi connectivity index (χ4v) is 2.35. The average molecular weight is 256 g/mol. The molecule has 0 spiro atoms. The Hall–Kier alpha value is -0.610.